The van der Waals surface area contributed by atoms with Crippen molar-refractivity contribution in [3.63, 3.8) is 0 Å². The van der Waals surface area contributed by atoms with Gasteiger partial charge in [0.25, 0.3) is 0 Å². The standard InChI is InChI=1S/C26H26Cl2N2O/c1-18-24(16-29-14-13-19-7-11-22(31-2)12-8-19)23-5-3-4-6-26(23)30(18)17-20-9-10-21(27)15-25(20)28/h3-12,15,29H,13-14,16-17H2,1-2H3. The molecule has 0 amide bonds. The van der Waals surface area contributed by atoms with Gasteiger partial charge in [-0.15, -0.1) is 0 Å². The number of rotatable bonds is 8. The third-order valence-corrected chi connectivity index (χ3v) is 6.34. The normalized spacial score (nSPS) is 11.2. The van der Waals surface area contributed by atoms with Crippen molar-refractivity contribution in [1.82, 2.24) is 9.88 Å². The summed E-state index contributed by atoms with van der Waals surface area (Å²) in [6.45, 7) is 4.64. The molecule has 0 unspecified atom stereocenters. The van der Waals surface area contributed by atoms with Gasteiger partial charge in [-0.25, -0.2) is 0 Å². The molecule has 1 N–H and O–H groups in total. The van der Waals surface area contributed by atoms with Gasteiger partial charge in [0.05, 0.1) is 7.11 Å². The van der Waals surface area contributed by atoms with Gasteiger partial charge in [0.15, 0.2) is 0 Å². The van der Waals surface area contributed by atoms with Gasteiger partial charge in [-0.3, -0.25) is 0 Å². The zero-order valence-electron chi connectivity index (χ0n) is 17.8. The highest BCUT2D eigenvalue weighted by molar-refractivity contribution is 6.35. The summed E-state index contributed by atoms with van der Waals surface area (Å²) in [6.07, 6.45) is 0.974. The van der Waals surface area contributed by atoms with Crippen molar-refractivity contribution in [1.29, 1.82) is 0 Å². The molecule has 0 atom stereocenters. The van der Waals surface area contributed by atoms with Gasteiger partial charge in [0.1, 0.15) is 5.75 Å². The Bertz CT molecular complexity index is 1180. The predicted molar refractivity (Wildman–Crippen MR) is 131 cm³/mol. The molecule has 0 bridgehead atoms. The minimum absolute atomic E-state index is 0.657. The van der Waals surface area contributed by atoms with E-state index >= 15 is 0 Å². The molecular formula is C26H26Cl2N2O. The first-order valence-corrected chi connectivity index (χ1v) is 11.2. The summed E-state index contributed by atoms with van der Waals surface area (Å²) >= 11 is 12.5. The highest BCUT2D eigenvalue weighted by Crippen LogP contribution is 2.29. The minimum Gasteiger partial charge on any atom is -0.497 e. The number of hydrogen-bond donors (Lipinski definition) is 1. The Morgan fingerprint density at radius 3 is 2.48 bits per heavy atom. The number of ether oxygens (including phenoxy) is 1. The number of benzene rings is 3. The maximum absolute atomic E-state index is 6.45. The van der Waals surface area contributed by atoms with Crippen LogP contribution < -0.4 is 10.1 Å². The summed E-state index contributed by atoms with van der Waals surface area (Å²) < 4.78 is 7.57. The van der Waals surface area contributed by atoms with Crippen molar-refractivity contribution in [2.75, 3.05) is 13.7 Å². The first kappa shape index (κ1) is 21.8. The number of para-hydroxylation sites is 1. The minimum atomic E-state index is 0.657. The van der Waals surface area contributed by atoms with Gasteiger partial charge < -0.3 is 14.6 Å². The Morgan fingerprint density at radius 2 is 1.74 bits per heavy atom. The van der Waals surface area contributed by atoms with Gasteiger partial charge in [0, 0.05) is 39.7 Å². The Hall–Kier alpha value is -2.46. The lowest BCUT2D eigenvalue weighted by Gasteiger charge is -2.11. The number of aromatic nitrogens is 1. The van der Waals surface area contributed by atoms with Crippen molar-refractivity contribution in [2.24, 2.45) is 0 Å². The van der Waals surface area contributed by atoms with Crippen LogP contribution in [0.5, 0.6) is 5.75 Å². The second-order valence-electron chi connectivity index (χ2n) is 7.68. The van der Waals surface area contributed by atoms with Crippen LogP contribution in [0.4, 0.5) is 0 Å². The summed E-state index contributed by atoms with van der Waals surface area (Å²) in [6, 6.07) is 22.5. The quantitative estimate of drug-likeness (QED) is 0.303. The van der Waals surface area contributed by atoms with Gasteiger partial charge in [-0.1, -0.05) is 59.6 Å². The molecule has 4 aromatic rings. The molecule has 1 heterocycles. The molecule has 0 saturated heterocycles. The smallest absolute Gasteiger partial charge is 0.118 e. The lowest BCUT2D eigenvalue weighted by molar-refractivity contribution is 0.414. The Balaban J connectivity index is 1.50. The van der Waals surface area contributed by atoms with Crippen LogP contribution in [0.3, 0.4) is 0 Å². The topological polar surface area (TPSA) is 26.2 Å². The number of halogens is 2. The number of methoxy groups -OCH3 is 1. The Labute approximate surface area is 193 Å². The molecule has 0 fully saturated rings. The zero-order valence-corrected chi connectivity index (χ0v) is 19.3. The van der Waals surface area contributed by atoms with Crippen molar-refractivity contribution >= 4 is 34.1 Å². The Kier molecular flexibility index (Phi) is 6.86. The monoisotopic (exact) mass is 452 g/mol. The van der Waals surface area contributed by atoms with Crippen molar-refractivity contribution < 1.29 is 4.74 Å². The maximum atomic E-state index is 6.45. The molecule has 0 spiro atoms. The SMILES string of the molecule is COc1ccc(CCNCc2c(C)n(Cc3ccc(Cl)cc3Cl)c3ccccc23)cc1. The molecule has 0 aliphatic heterocycles. The van der Waals surface area contributed by atoms with Crippen LogP contribution in [-0.2, 0) is 19.5 Å². The number of hydrogen-bond acceptors (Lipinski definition) is 2. The molecule has 31 heavy (non-hydrogen) atoms. The third-order valence-electron chi connectivity index (χ3n) is 5.76. The van der Waals surface area contributed by atoms with E-state index in [4.69, 9.17) is 27.9 Å². The molecule has 0 saturated carbocycles. The third kappa shape index (κ3) is 4.90. The molecule has 0 radical (unpaired) electrons. The van der Waals surface area contributed by atoms with Crippen LogP contribution in [0.2, 0.25) is 10.0 Å². The summed E-state index contributed by atoms with van der Waals surface area (Å²) in [5, 5.41) is 6.25. The van der Waals surface area contributed by atoms with E-state index in [1.165, 1.54) is 27.7 Å². The predicted octanol–water partition coefficient (Wildman–Crippen LogP) is 6.65. The molecule has 4 rings (SSSR count). The molecule has 5 heteroatoms. The second kappa shape index (κ2) is 9.78. The number of fused-ring (bicyclic) bond motifs is 1. The van der Waals surface area contributed by atoms with Gasteiger partial charge >= 0.3 is 0 Å². The fourth-order valence-electron chi connectivity index (χ4n) is 3.99. The average Bonchev–Trinajstić information content (AvgIpc) is 3.04. The number of nitrogens with zero attached hydrogens (tertiary/aromatic N) is 1. The summed E-state index contributed by atoms with van der Waals surface area (Å²) in [5.74, 6) is 0.890. The van der Waals surface area contributed by atoms with Crippen LogP contribution in [0.25, 0.3) is 10.9 Å². The van der Waals surface area contributed by atoms with Crippen LogP contribution in [-0.4, -0.2) is 18.2 Å². The van der Waals surface area contributed by atoms with Crippen LogP contribution >= 0.6 is 23.2 Å². The zero-order chi connectivity index (χ0) is 21.8. The van der Waals surface area contributed by atoms with Crippen molar-refractivity contribution in [3.8, 4) is 5.75 Å². The number of nitrogens with one attached hydrogen (secondary N) is 1. The highest BCUT2D eigenvalue weighted by atomic mass is 35.5. The lowest BCUT2D eigenvalue weighted by atomic mass is 10.1. The fraction of sp³-hybridized carbons (Fsp3) is 0.231. The summed E-state index contributed by atoms with van der Waals surface area (Å²) in [5.41, 5.74) is 6.16. The van der Waals surface area contributed by atoms with E-state index in [2.05, 4.69) is 53.2 Å². The van der Waals surface area contributed by atoms with Crippen molar-refractivity contribution in [3.05, 3.63) is 99.2 Å². The largest absolute Gasteiger partial charge is 0.497 e. The molecule has 3 aromatic carbocycles. The second-order valence-corrected chi connectivity index (χ2v) is 8.52. The molecule has 0 aliphatic carbocycles. The molecule has 0 aliphatic rings. The van der Waals surface area contributed by atoms with Gasteiger partial charge in [-0.2, -0.15) is 0 Å². The van der Waals surface area contributed by atoms with E-state index in [0.717, 1.165) is 30.8 Å². The van der Waals surface area contributed by atoms with E-state index in [1.807, 2.05) is 24.3 Å². The average molecular weight is 453 g/mol. The highest BCUT2D eigenvalue weighted by Gasteiger charge is 2.14. The molecule has 1 aromatic heterocycles. The first-order valence-electron chi connectivity index (χ1n) is 10.4. The van der Waals surface area contributed by atoms with Crippen LogP contribution in [0.1, 0.15) is 22.4 Å². The van der Waals surface area contributed by atoms with E-state index in [1.54, 1.807) is 13.2 Å². The molecular weight excluding hydrogens is 427 g/mol. The summed E-state index contributed by atoms with van der Waals surface area (Å²) in [4.78, 5) is 0. The molecule has 3 nitrogen and oxygen atoms in total. The summed E-state index contributed by atoms with van der Waals surface area (Å²) in [7, 11) is 1.69. The lowest BCUT2D eigenvalue weighted by Crippen LogP contribution is -2.17. The van der Waals surface area contributed by atoms with E-state index in [0.29, 0.717) is 16.6 Å². The van der Waals surface area contributed by atoms with Gasteiger partial charge in [0.2, 0.25) is 0 Å². The Morgan fingerprint density at radius 1 is 0.968 bits per heavy atom. The first-order chi connectivity index (χ1) is 15.1. The van der Waals surface area contributed by atoms with Crippen molar-refractivity contribution in [2.45, 2.75) is 26.4 Å². The fourth-order valence-corrected chi connectivity index (χ4v) is 4.46. The van der Waals surface area contributed by atoms with E-state index in [-0.39, 0.29) is 0 Å². The molecule has 160 valence electrons. The maximum Gasteiger partial charge on any atom is 0.118 e. The van der Waals surface area contributed by atoms with E-state index in [9.17, 15) is 0 Å². The van der Waals surface area contributed by atoms with Crippen LogP contribution in [0, 0.1) is 6.92 Å². The van der Waals surface area contributed by atoms with E-state index < -0.39 is 0 Å². The van der Waals surface area contributed by atoms with Gasteiger partial charge in [-0.05, 0) is 66.9 Å². The van der Waals surface area contributed by atoms with Crippen LogP contribution in [0.15, 0.2) is 66.7 Å².